The third kappa shape index (κ3) is 6.31. The lowest BCUT2D eigenvalue weighted by Gasteiger charge is -2.24. The molecular formula is C33H34N2O3. The van der Waals surface area contributed by atoms with Gasteiger partial charge in [-0.1, -0.05) is 84.9 Å². The van der Waals surface area contributed by atoms with Gasteiger partial charge in [-0.3, -0.25) is 5.01 Å². The average Bonchev–Trinajstić information content (AvgIpc) is 3.42. The van der Waals surface area contributed by atoms with Gasteiger partial charge in [0, 0.05) is 13.5 Å². The molecule has 1 aliphatic heterocycles. The molecule has 194 valence electrons. The fourth-order valence-corrected chi connectivity index (χ4v) is 4.68. The van der Waals surface area contributed by atoms with Crippen molar-refractivity contribution in [3.63, 3.8) is 0 Å². The van der Waals surface area contributed by atoms with E-state index in [1.54, 1.807) is 7.11 Å². The van der Waals surface area contributed by atoms with Crippen LogP contribution in [0.15, 0.2) is 114 Å². The SMILES string of the molecule is COCCOCC(C)Oc1ccc(C2CC(c3ccc(-c4ccccc4)cc3)=NN2c2ccccc2)cc1. The molecule has 0 aromatic heterocycles. The van der Waals surface area contributed by atoms with Crippen LogP contribution >= 0.6 is 0 Å². The van der Waals surface area contributed by atoms with E-state index < -0.39 is 0 Å². The van der Waals surface area contributed by atoms with Gasteiger partial charge >= 0.3 is 0 Å². The number of nitrogens with zero attached hydrogens (tertiary/aromatic N) is 2. The summed E-state index contributed by atoms with van der Waals surface area (Å²) in [5.41, 5.74) is 6.93. The molecule has 0 spiro atoms. The van der Waals surface area contributed by atoms with Crippen LogP contribution in [0.1, 0.15) is 30.5 Å². The molecule has 0 fully saturated rings. The van der Waals surface area contributed by atoms with Gasteiger partial charge in [-0.05, 0) is 53.4 Å². The average molecular weight is 507 g/mol. The third-order valence-electron chi connectivity index (χ3n) is 6.64. The predicted octanol–water partition coefficient (Wildman–Crippen LogP) is 7.14. The van der Waals surface area contributed by atoms with Gasteiger partial charge in [0.05, 0.1) is 37.3 Å². The summed E-state index contributed by atoms with van der Waals surface area (Å²) in [5, 5.41) is 7.24. The van der Waals surface area contributed by atoms with Crippen molar-refractivity contribution in [1.82, 2.24) is 0 Å². The van der Waals surface area contributed by atoms with Crippen molar-refractivity contribution in [2.45, 2.75) is 25.5 Å². The lowest BCUT2D eigenvalue weighted by molar-refractivity contribution is 0.0286. The number of hydrogen-bond donors (Lipinski definition) is 0. The lowest BCUT2D eigenvalue weighted by Crippen LogP contribution is -2.21. The van der Waals surface area contributed by atoms with Crippen molar-refractivity contribution in [3.05, 3.63) is 120 Å². The van der Waals surface area contributed by atoms with Crippen LogP contribution in [0.2, 0.25) is 0 Å². The van der Waals surface area contributed by atoms with Gasteiger partial charge in [0.2, 0.25) is 0 Å². The van der Waals surface area contributed by atoms with Gasteiger partial charge in [-0.15, -0.1) is 0 Å². The first-order valence-corrected chi connectivity index (χ1v) is 13.1. The van der Waals surface area contributed by atoms with E-state index in [2.05, 4.69) is 89.9 Å². The predicted molar refractivity (Wildman–Crippen MR) is 154 cm³/mol. The summed E-state index contributed by atoms with van der Waals surface area (Å²) in [7, 11) is 1.67. The first-order chi connectivity index (χ1) is 18.7. The highest BCUT2D eigenvalue weighted by molar-refractivity contribution is 6.03. The second-order valence-electron chi connectivity index (χ2n) is 9.46. The van der Waals surface area contributed by atoms with Crippen LogP contribution < -0.4 is 9.75 Å². The number of benzene rings is 4. The molecule has 5 rings (SSSR count). The Labute approximate surface area is 225 Å². The van der Waals surface area contributed by atoms with Crippen LogP contribution in [-0.2, 0) is 9.47 Å². The maximum atomic E-state index is 6.05. The van der Waals surface area contributed by atoms with Gasteiger partial charge in [0.1, 0.15) is 11.9 Å². The topological polar surface area (TPSA) is 43.3 Å². The number of hydrogen-bond acceptors (Lipinski definition) is 5. The summed E-state index contributed by atoms with van der Waals surface area (Å²) >= 11 is 0. The minimum atomic E-state index is -0.0428. The van der Waals surface area contributed by atoms with Crippen molar-refractivity contribution < 1.29 is 14.2 Å². The summed E-state index contributed by atoms with van der Waals surface area (Å²) in [4.78, 5) is 0. The Hall–Kier alpha value is -3.93. The zero-order valence-corrected chi connectivity index (χ0v) is 22.0. The van der Waals surface area contributed by atoms with E-state index in [1.807, 2.05) is 31.2 Å². The maximum Gasteiger partial charge on any atom is 0.119 e. The van der Waals surface area contributed by atoms with Gasteiger partial charge in [-0.25, -0.2) is 0 Å². The minimum Gasteiger partial charge on any atom is -0.488 e. The third-order valence-corrected chi connectivity index (χ3v) is 6.64. The Balaban J connectivity index is 1.32. The smallest absolute Gasteiger partial charge is 0.119 e. The van der Waals surface area contributed by atoms with Crippen LogP contribution in [0.4, 0.5) is 5.69 Å². The maximum absolute atomic E-state index is 6.05. The van der Waals surface area contributed by atoms with Crippen LogP contribution in [-0.4, -0.2) is 38.7 Å². The molecule has 2 unspecified atom stereocenters. The first kappa shape index (κ1) is 25.7. The highest BCUT2D eigenvalue weighted by atomic mass is 16.5. The number of para-hydroxylation sites is 1. The van der Waals surface area contributed by atoms with Gasteiger partial charge in [0.25, 0.3) is 0 Å². The Bertz CT molecular complexity index is 1310. The number of anilines is 1. The number of hydrazone groups is 1. The molecule has 4 aromatic carbocycles. The molecule has 5 nitrogen and oxygen atoms in total. The Morgan fingerprint density at radius 2 is 1.39 bits per heavy atom. The summed E-state index contributed by atoms with van der Waals surface area (Å²) in [6.45, 7) is 3.69. The fourth-order valence-electron chi connectivity index (χ4n) is 4.68. The normalized spacial score (nSPS) is 15.8. The van der Waals surface area contributed by atoms with Crippen LogP contribution in [0.5, 0.6) is 5.75 Å². The molecule has 0 aliphatic carbocycles. The number of methoxy groups -OCH3 is 1. The molecule has 1 heterocycles. The van der Waals surface area contributed by atoms with Crippen LogP contribution in [0.25, 0.3) is 11.1 Å². The zero-order valence-electron chi connectivity index (χ0n) is 22.0. The van der Waals surface area contributed by atoms with E-state index in [9.17, 15) is 0 Å². The highest BCUT2D eigenvalue weighted by Gasteiger charge is 2.30. The monoisotopic (exact) mass is 506 g/mol. The number of rotatable bonds is 11. The van der Waals surface area contributed by atoms with E-state index in [4.69, 9.17) is 19.3 Å². The van der Waals surface area contributed by atoms with Crippen LogP contribution in [0.3, 0.4) is 0 Å². The summed E-state index contributed by atoms with van der Waals surface area (Å²) in [6.07, 6.45) is 0.780. The molecule has 0 saturated heterocycles. The van der Waals surface area contributed by atoms with Gasteiger partial charge in [0.15, 0.2) is 0 Å². The summed E-state index contributed by atoms with van der Waals surface area (Å²) in [6, 6.07) is 38.0. The van der Waals surface area contributed by atoms with Crippen molar-refractivity contribution in [2.24, 2.45) is 5.10 Å². The van der Waals surface area contributed by atoms with Crippen molar-refractivity contribution in [1.29, 1.82) is 0 Å². The van der Waals surface area contributed by atoms with E-state index >= 15 is 0 Å². The van der Waals surface area contributed by atoms with Crippen molar-refractivity contribution in [2.75, 3.05) is 31.9 Å². The molecule has 5 heteroatoms. The van der Waals surface area contributed by atoms with E-state index in [0.29, 0.717) is 19.8 Å². The Morgan fingerprint density at radius 3 is 2.08 bits per heavy atom. The first-order valence-electron chi connectivity index (χ1n) is 13.1. The van der Waals surface area contributed by atoms with Gasteiger partial charge in [-0.2, -0.15) is 5.10 Å². The van der Waals surface area contributed by atoms with Gasteiger partial charge < -0.3 is 14.2 Å². The molecule has 0 bridgehead atoms. The zero-order chi connectivity index (χ0) is 26.2. The molecule has 1 aliphatic rings. The molecule has 0 N–H and O–H groups in total. The largest absolute Gasteiger partial charge is 0.488 e. The summed E-state index contributed by atoms with van der Waals surface area (Å²) < 4.78 is 16.7. The Morgan fingerprint density at radius 1 is 0.763 bits per heavy atom. The molecule has 4 aromatic rings. The second-order valence-corrected chi connectivity index (χ2v) is 9.46. The molecular weight excluding hydrogens is 472 g/mol. The molecule has 38 heavy (non-hydrogen) atoms. The standard InChI is InChI=1S/C33H34N2O3/c1-25(24-37-22-21-36-2)38-31-19-17-29(18-20-31)33-23-32(34-35(33)30-11-7-4-8-12-30)28-15-13-27(14-16-28)26-9-5-3-6-10-26/h3-20,25,33H,21-24H2,1-2H3. The van der Waals surface area contributed by atoms with E-state index in [1.165, 1.54) is 16.7 Å². The lowest BCUT2D eigenvalue weighted by atomic mass is 9.96. The Kier molecular flexibility index (Phi) is 8.49. The molecule has 2 atom stereocenters. The van der Waals surface area contributed by atoms with Crippen LogP contribution in [0, 0.1) is 0 Å². The second kappa shape index (κ2) is 12.5. The quantitative estimate of drug-likeness (QED) is 0.203. The van der Waals surface area contributed by atoms with E-state index in [0.717, 1.165) is 29.1 Å². The molecule has 0 amide bonds. The minimum absolute atomic E-state index is 0.0428. The molecule has 0 radical (unpaired) electrons. The van der Waals surface area contributed by atoms with Crippen molar-refractivity contribution in [3.8, 4) is 16.9 Å². The fraction of sp³-hybridized carbons (Fsp3) is 0.242. The number of ether oxygens (including phenoxy) is 3. The van der Waals surface area contributed by atoms with Crippen molar-refractivity contribution >= 4 is 11.4 Å². The highest BCUT2D eigenvalue weighted by Crippen LogP contribution is 2.37. The van der Waals surface area contributed by atoms with E-state index in [-0.39, 0.29) is 12.1 Å². The summed E-state index contributed by atoms with van der Waals surface area (Å²) in [5.74, 6) is 0.832. The molecule has 0 saturated carbocycles.